The van der Waals surface area contributed by atoms with E-state index < -0.39 is 12.0 Å². The van der Waals surface area contributed by atoms with Gasteiger partial charge >= 0.3 is 5.97 Å². The molecule has 0 aromatic heterocycles. The normalized spacial score (nSPS) is 12.1. The largest absolute Gasteiger partial charge is 0.467 e. The first-order chi connectivity index (χ1) is 10.1. The maximum atomic E-state index is 11.9. The van der Waals surface area contributed by atoms with Gasteiger partial charge in [0.25, 0.3) is 0 Å². The van der Waals surface area contributed by atoms with Gasteiger partial charge in [0.15, 0.2) is 0 Å². The summed E-state index contributed by atoms with van der Waals surface area (Å²) in [7, 11) is 1.31. The molecule has 0 unspecified atom stereocenters. The lowest BCUT2D eigenvalue weighted by Crippen LogP contribution is -2.41. The quantitative estimate of drug-likeness (QED) is 0.618. The van der Waals surface area contributed by atoms with Crippen LogP contribution < -0.4 is 5.32 Å². The lowest BCUT2D eigenvalue weighted by atomic mass is 10.2. The Hall–Kier alpha value is -1.46. The third-order valence-electron chi connectivity index (χ3n) is 2.73. The summed E-state index contributed by atoms with van der Waals surface area (Å²) in [5.41, 5.74) is 0.744. The molecule has 1 N–H and O–H groups in total. The van der Waals surface area contributed by atoms with Gasteiger partial charge in [0.2, 0.25) is 5.91 Å². The number of thioether (sulfide) groups is 1. The van der Waals surface area contributed by atoms with E-state index in [1.54, 1.807) is 30.0 Å². The minimum atomic E-state index is -0.633. The highest BCUT2D eigenvalue weighted by Crippen LogP contribution is 2.16. The molecule has 6 heteroatoms. The van der Waals surface area contributed by atoms with Crippen LogP contribution in [0.4, 0.5) is 0 Å². The monoisotopic (exact) mass is 327 g/mol. The van der Waals surface area contributed by atoms with Crippen molar-refractivity contribution in [2.45, 2.75) is 12.5 Å². The molecule has 21 heavy (non-hydrogen) atoms. The highest BCUT2D eigenvalue weighted by molar-refractivity contribution is 7.98. The van der Waals surface area contributed by atoms with Gasteiger partial charge in [-0.15, -0.1) is 0 Å². The van der Waals surface area contributed by atoms with Crippen LogP contribution in [0.15, 0.2) is 30.3 Å². The summed E-state index contributed by atoms with van der Waals surface area (Å²) in [6, 6.07) is 6.56. The van der Waals surface area contributed by atoms with E-state index in [4.69, 9.17) is 11.6 Å². The van der Waals surface area contributed by atoms with Crippen LogP contribution in [0.25, 0.3) is 6.08 Å². The van der Waals surface area contributed by atoms with Gasteiger partial charge in [-0.05, 0) is 36.1 Å². The molecule has 0 bridgehead atoms. The van der Waals surface area contributed by atoms with E-state index in [0.717, 1.165) is 11.3 Å². The Morgan fingerprint density at radius 3 is 2.76 bits per heavy atom. The molecule has 0 saturated carbocycles. The van der Waals surface area contributed by atoms with Gasteiger partial charge in [-0.1, -0.05) is 29.8 Å². The molecule has 4 nitrogen and oxygen atoms in total. The summed E-state index contributed by atoms with van der Waals surface area (Å²) < 4.78 is 4.68. The number of carbonyl (C=O) groups excluding carboxylic acids is 2. The number of carbonyl (C=O) groups is 2. The molecule has 1 amide bonds. The number of methoxy groups -OCH3 is 1. The number of esters is 1. The third kappa shape index (κ3) is 6.23. The first-order valence-corrected chi connectivity index (χ1v) is 8.15. The van der Waals surface area contributed by atoms with Crippen molar-refractivity contribution >= 4 is 41.3 Å². The fourth-order valence-corrected chi connectivity index (χ4v) is 2.29. The van der Waals surface area contributed by atoms with E-state index in [-0.39, 0.29) is 5.91 Å². The average molecular weight is 328 g/mol. The molecular formula is C15H18ClNO3S. The molecule has 1 atom stereocenters. The van der Waals surface area contributed by atoms with Crippen LogP contribution in [0, 0.1) is 0 Å². The van der Waals surface area contributed by atoms with Crippen LogP contribution in [-0.2, 0) is 14.3 Å². The van der Waals surface area contributed by atoms with Crippen molar-refractivity contribution in [1.29, 1.82) is 0 Å². The van der Waals surface area contributed by atoms with Gasteiger partial charge in [0.1, 0.15) is 6.04 Å². The summed E-state index contributed by atoms with van der Waals surface area (Å²) in [5.74, 6) is -0.0381. The molecule has 0 fully saturated rings. The molecule has 1 rings (SSSR count). The first-order valence-electron chi connectivity index (χ1n) is 6.38. The number of ether oxygens (including phenoxy) is 1. The fraction of sp³-hybridized carbons (Fsp3) is 0.333. The SMILES string of the molecule is COC(=O)[C@H](CCSC)NC(=O)/C=C/c1ccccc1Cl. The van der Waals surface area contributed by atoms with Gasteiger partial charge in [-0.25, -0.2) is 4.79 Å². The molecule has 1 aromatic carbocycles. The second-order valence-corrected chi connectivity index (χ2v) is 5.61. The van der Waals surface area contributed by atoms with Crippen molar-refractivity contribution in [3.63, 3.8) is 0 Å². The second kappa shape index (κ2) is 9.47. The number of rotatable bonds is 7. The molecule has 0 aliphatic rings. The smallest absolute Gasteiger partial charge is 0.328 e. The molecule has 0 spiro atoms. The number of hydrogen-bond donors (Lipinski definition) is 1. The predicted molar refractivity (Wildman–Crippen MR) is 87.4 cm³/mol. The summed E-state index contributed by atoms with van der Waals surface area (Å²) >= 11 is 7.60. The number of halogens is 1. The minimum absolute atomic E-state index is 0.355. The Morgan fingerprint density at radius 1 is 1.43 bits per heavy atom. The zero-order chi connectivity index (χ0) is 15.7. The van der Waals surface area contributed by atoms with Crippen LogP contribution in [0.2, 0.25) is 5.02 Å². The number of nitrogens with one attached hydrogen (secondary N) is 1. The van der Waals surface area contributed by atoms with Crippen LogP contribution in [0.1, 0.15) is 12.0 Å². The maximum Gasteiger partial charge on any atom is 0.328 e. The summed E-state index contributed by atoms with van der Waals surface area (Å²) in [4.78, 5) is 23.5. The van der Waals surface area contributed by atoms with Crippen molar-refractivity contribution in [2.75, 3.05) is 19.1 Å². The summed E-state index contributed by atoms with van der Waals surface area (Å²) in [6.07, 6.45) is 5.43. The summed E-state index contributed by atoms with van der Waals surface area (Å²) in [6.45, 7) is 0. The van der Waals surface area contributed by atoms with Gasteiger partial charge in [-0.3, -0.25) is 4.79 Å². The average Bonchev–Trinajstić information content (AvgIpc) is 2.49. The Labute approximate surface area is 133 Å². The fourth-order valence-electron chi connectivity index (χ4n) is 1.62. The van der Waals surface area contributed by atoms with Gasteiger partial charge in [0, 0.05) is 11.1 Å². The number of amides is 1. The van der Waals surface area contributed by atoms with Crippen LogP contribution >= 0.6 is 23.4 Å². The molecule has 0 aliphatic carbocycles. The van der Waals surface area contributed by atoms with Crippen LogP contribution in [0.3, 0.4) is 0 Å². The lowest BCUT2D eigenvalue weighted by molar-refractivity contribution is -0.144. The lowest BCUT2D eigenvalue weighted by Gasteiger charge is -2.14. The van der Waals surface area contributed by atoms with Crippen LogP contribution in [-0.4, -0.2) is 37.0 Å². The Bertz CT molecular complexity index is 519. The van der Waals surface area contributed by atoms with Crippen molar-refractivity contribution in [3.8, 4) is 0 Å². The molecule has 1 aromatic rings. The van der Waals surface area contributed by atoms with E-state index in [9.17, 15) is 9.59 Å². The molecule has 0 aliphatic heterocycles. The predicted octanol–water partition coefficient (Wildman–Crippen LogP) is 2.76. The van der Waals surface area contributed by atoms with Crippen molar-refractivity contribution in [1.82, 2.24) is 5.32 Å². The summed E-state index contributed by atoms with van der Waals surface area (Å²) in [5, 5.41) is 3.20. The van der Waals surface area contributed by atoms with E-state index in [0.29, 0.717) is 11.4 Å². The molecule has 0 heterocycles. The van der Waals surface area contributed by atoms with Gasteiger partial charge in [0.05, 0.1) is 7.11 Å². The molecular weight excluding hydrogens is 310 g/mol. The first kappa shape index (κ1) is 17.6. The van der Waals surface area contributed by atoms with Gasteiger partial charge in [-0.2, -0.15) is 11.8 Å². The van der Waals surface area contributed by atoms with E-state index in [1.165, 1.54) is 13.2 Å². The Kier molecular flexibility index (Phi) is 7.93. The zero-order valence-electron chi connectivity index (χ0n) is 12.0. The third-order valence-corrected chi connectivity index (χ3v) is 3.72. The minimum Gasteiger partial charge on any atom is -0.467 e. The maximum absolute atomic E-state index is 11.9. The van der Waals surface area contributed by atoms with Gasteiger partial charge < -0.3 is 10.1 Å². The van der Waals surface area contributed by atoms with E-state index in [2.05, 4.69) is 10.1 Å². The standard InChI is InChI=1S/C15H18ClNO3S/c1-20-15(19)13(9-10-21-2)17-14(18)8-7-11-5-3-4-6-12(11)16/h3-8,13H,9-10H2,1-2H3,(H,17,18)/b8-7+/t13-/m0/s1. The van der Waals surface area contributed by atoms with Crippen molar-refractivity contribution < 1.29 is 14.3 Å². The Morgan fingerprint density at radius 2 is 2.14 bits per heavy atom. The zero-order valence-corrected chi connectivity index (χ0v) is 13.5. The van der Waals surface area contributed by atoms with Crippen molar-refractivity contribution in [3.05, 3.63) is 40.9 Å². The number of hydrogen-bond acceptors (Lipinski definition) is 4. The van der Waals surface area contributed by atoms with E-state index >= 15 is 0 Å². The highest BCUT2D eigenvalue weighted by Gasteiger charge is 2.19. The number of benzene rings is 1. The van der Waals surface area contributed by atoms with E-state index in [1.807, 2.05) is 18.4 Å². The molecule has 0 radical (unpaired) electrons. The molecule has 114 valence electrons. The van der Waals surface area contributed by atoms with Crippen LogP contribution in [0.5, 0.6) is 0 Å². The Balaban J connectivity index is 2.65. The highest BCUT2D eigenvalue weighted by atomic mass is 35.5. The topological polar surface area (TPSA) is 55.4 Å². The van der Waals surface area contributed by atoms with Crippen molar-refractivity contribution in [2.24, 2.45) is 0 Å². The molecule has 0 saturated heterocycles. The second-order valence-electron chi connectivity index (χ2n) is 4.22.